The van der Waals surface area contributed by atoms with E-state index >= 15 is 0 Å². The summed E-state index contributed by atoms with van der Waals surface area (Å²) < 4.78 is 26.4. The largest absolute Gasteiger partial charge is 0.479 e. The van der Waals surface area contributed by atoms with E-state index in [1.807, 2.05) is 0 Å². The van der Waals surface area contributed by atoms with E-state index in [1.165, 1.54) is 0 Å². The summed E-state index contributed by atoms with van der Waals surface area (Å²) in [5.41, 5.74) is 5.83. The van der Waals surface area contributed by atoms with Gasteiger partial charge in [0, 0.05) is 6.42 Å². The molecule has 0 aromatic heterocycles. The molecule has 0 saturated carbocycles. The summed E-state index contributed by atoms with van der Waals surface area (Å²) in [4.78, 5) is 11.5. The van der Waals surface area contributed by atoms with Crippen LogP contribution in [0.3, 0.4) is 0 Å². The van der Waals surface area contributed by atoms with Crippen LogP contribution in [0.15, 0.2) is 0 Å². The Kier molecular flexibility index (Phi) is 9.15. The van der Waals surface area contributed by atoms with Crippen LogP contribution in [0.5, 0.6) is 0 Å². The van der Waals surface area contributed by atoms with Gasteiger partial charge in [-0.1, -0.05) is 0 Å². The monoisotopic (exact) mass is 501 g/mol. The first kappa shape index (κ1) is 27.5. The van der Waals surface area contributed by atoms with Crippen molar-refractivity contribution in [1.29, 1.82) is 0 Å². The second-order valence-corrected chi connectivity index (χ2v) is 8.38. The number of hydrogen-bond acceptors (Lipinski definition) is 15. The van der Waals surface area contributed by atoms with Crippen LogP contribution in [0.2, 0.25) is 0 Å². The molecule has 3 heterocycles. The summed E-state index contributed by atoms with van der Waals surface area (Å²) in [7, 11) is 0. The lowest BCUT2D eigenvalue weighted by molar-refractivity contribution is -0.339. The van der Waals surface area contributed by atoms with E-state index in [-0.39, 0.29) is 6.42 Å². The molecule has 3 aliphatic heterocycles. The van der Waals surface area contributed by atoms with Crippen molar-refractivity contribution in [3.63, 3.8) is 0 Å². The summed E-state index contributed by atoms with van der Waals surface area (Å²) in [5, 5.41) is 88.4. The van der Waals surface area contributed by atoms with Crippen molar-refractivity contribution in [3.05, 3.63) is 0 Å². The van der Waals surface area contributed by atoms with Gasteiger partial charge >= 0.3 is 5.97 Å². The van der Waals surface area contributed by atoms with Crippen molar-refractivity contribution in [2.45, 2.75) is 92.4 Å². The van der Waals surface area contributed by atoms with Gasteiger partial charge in [-0.15, -0.1) is 0 Å². The molecule has 198 valence electrons. The van der Waals surface area contributed by atoms with Gasteiger partial charge in [-0.2, -0.15) is 0 Å². The second kappa shape index (κ2) is 11.3. The molecule has 11 N–H and O–H groups in total. The minimum Gasteiger partial charge on any atom is -0.479 e. The lowest BCUT2D eigenvalue weighted by atomic mass is 9.96. The van der Waals surface area contributed by atoms with Gasteiger partial charge in [0.15, 0.2) is 25.0 Å². The van der Waals surface area contributed by atoms with Crippen LogP contribution >= 0.6 is 0 Å². The van der Waals surface area contributed by atoms with Gasteiger partial charge in [-0.3, -0.25) is 0 Å². The van der Waals surface area contributed by atoms with E-state index in [4.69, 9.17) is 29.4 Å². The van der Waals surface area contributed by atoms with E-state index in [9.17, 15) is 50.8 Å². The van der Waals surface area contributed by atoms with Crippen molar-refractivity contribution in [2.24, 2.45) is 5.73 Å². The first-order chi connectivity index (χ1) is 16.0. The Hall–Kier alpha value is -1.09. The minimum absolute atomic E-state index is 0.172. The Morgan fingerprint density at radius 1 is 0.882 bits per heavy atom. The molecule has 16 nitrogen and oxygen atoms in total. The highest BCUT2D eigenvalue weighted by Crippen LogP contribution is 2.29. The Labute approximate surface area is 192 Å². The zero-order valence-electron chi connectivity index (χ0n) is 17.8. The lowest BCUT2D eigenvalue weighted by Crippen LogP contribution is -2.66. The van der Waals surface area contributed by atoms with Gasteiger partial charge in [0.05, 0.1) is 25.4 Å². The summed E-state index contributed by atoms with van der Waals surface area (Å²) in [5.74, 6) is -1.63. The van der Waals surface area contributed by atoms with Crippen LogP contribution in [-0.4, -0.2) is 151 Å². The number of aliphatic carboxylic acids is 1. The summed E-state index contributed by atoms with van der Waals surface area (Å²) >= 11 is 0. The molecule has 16 heteroatoms. The molecule has 0 bridgehead atoms. The van der Waals surface area contributed by atoms with Crippen molar-refractivity contribution in [3.8, 4) is 0 Å². The van der Waals surface area contributed by atoms with E-state index in [0.29, 0.717) is 0 Å². The third kappa shape index (κ3) is 5.66. The maximum Gasteiger partial charge on any atom is 0.335 e. The molecule has 14 atom stereocenters. The third-order valence-electron chi connectivity index (χ3n) is 6.01. The zero-order chi connectivity index (χ0) is 25.3. The molecule has 3 rings (SSSR count). The average molecular weight is 501 g/mol. The van der Waals surface area contributed by atoms with Crippen LogP contribution in [0, 0.1) is 0 Å². The first-order valence-corrected chi connectivity index (χ1v) is 10.5. The average Bonchev–Trinajstić information content (AvgIpc) is 2.80. The van der Waals surface area contributed by atoms with E-state index < -0.39 is 105 Å². The van der Waals surface area contributed by atoms with Gasteiger partial charge in [0.2, 0.25) is 0 Å². The van der Waals surface area contributed by atoms with Crippen LogP contribution in [0.1, 0.15) is 6.42 Å². The first-order valence-electron chi connectivity index (χ1n) is 10.5. The van der Waals surface area contributed by atoms with Gasteiger partial charge in [0.25, 0.3) is 0 Å². The fourth-order valence-corrected chi connectivity index (χ4v) is 3.94. The fraction of sp³-hybridized carbons (Fsp3) is 0.944. The third-order valence-corrected chi connectivity index (χ3v) is 6.01. The Balaban J connectivity index is 1.67. The number of hydrogen-bond donors (Lipinski definition) is 10. The number of aliphatic hydroxyl groups is 8. The topological polar surface area (TPSA) is 271 Å². The summed E-state index contributed by atoms with van der Waals surface area (Å²) in [6, 6.07) is -1.43. The highest BCUT2D eigenvalue weighted by Gasteiger charge is 2.52. The van der Waals surface area contributed by atoms with Gasteiger partial charge in [0.1, 0.15) is 48.8 Å². The predicted molar refractivity (Wildman–Crippen MR) is 102 cm³/mol. The molecule has 0 aromatic rings. The molecule has 8 unspecified atom stereocenters. The van der Waals surface area contributed by atoms with Crippen molar-refractivity contribution in [2.75, 3.05) is 13.2 Å². The SMILES string of the molecule is NC1C(O)[C@H](O)C(CO[C@@H]2CC(O)[C@@H](O)C(CO)O2)O[C@@H]1O[C@@H]1C(C(=O)O)O[C@H](O)C(O)C1O. The molecule has 0 aromatic carbocycles. The molecule has 0 amide bonds. The zero-order valence-corrected chi connectivity index (χ0v) is 17.8. The number of aliphatic hydroxyl groups excluding tert-OH is 8. The van der Waals surface area contributed by atoms with E-state index in [1.54, 1.807) is 0 Å². The molecule has 3 fully saturated rings. The summed E-state index contributed by atoms with van der Waals surface area (Å²) in [6.45, 7) is -1.05. The maximum absolute atomic E-state index is 11.5. The molecule has 3 aliphatic rings. The number of carboxylic acid groups (broad SMARTS) is 1. The maximum atomic E-state index is 11.5. The van der Waals surface area contributed by atoms with Crippen LogP contribution in [0.25, 0.3) is 0 Å². The number of ether oxygens (including phenoxy) is 5. The highest BCUT2D eigenvalue weighted by molar-refractivity contribution is 5.73. The molecular weight excluding hydrogens is 470 g/mol. The van der Waals surface area contributed by atoms with E-state index in [0.717, 1.165) is 0 Å². The Morgan fingerprint density at radius 2 is 1.56 bits per heavy atom. The molecule has 0 radical (unpaired) electrons. The predicted octanol–water partition coefficient (Wildman–Crippen LogP) is -6.49. The van der Waals surface area contributed by atoms with Gasteiger partial charge < -0.3 is 75.4 Å². The highest BCUT2D eigenvalue weighted by atomic mass is 16.7. The molecule has 3 saturated heterocycles. The molecular formula is C18H31NO15. The Bertz CT molecular complexity index is 686. The van der Waals surface area contributed by atoms with E-state index in [2.05, 4.69) is 0 Å². The standard InChI is InChI=1S/C18H31NO15/c19-8-11(24)10(23)6(3-30-7-1-4(21)9(22)5(2-20)31-7)32-18(8)34-14-12(25)13(26)17(29)33-15(14)16(27)28/h4-15,17-18,20-26,29H,1-3,19H2,(H,27,28)/t4?,5?,6?,7-,8?,9+,10+,11?,12?,13?,14-,15?,17-,18+/m0/s1. The Morgan fingerprint density at radius 3 is 2.18 bits per heavy atom. The molecule has 34 heavy (non-hydrogen) atoms. The lowest BCUT2D eigenvalue weighted by Gasteiger charge is -2.45. The van der Waals surface area contributed by atoms with Gasteiger partial charge in [-0.05, 0) is 0 Å². The number of nitrogens with two attached hydrogens (primary N) is 1. The minimum atomic E-state index is -2.00. The van der Waals surface area contributed by atoms with Crippen molar-refractivity contribution in [1.82, 2.24) is 0 Å². The molecule has 0 aliphatic carbocycles. The number of carboxylic acids is 1. The van der Waals surface area contributed by atoms with Crippen molar-refractivity contribution >= 4 is 5.97 Å². The van der Waals surface area contributed by atoms with Crippen LogP contribution in [-0.2, 0) is 28.5 Å². The molecule has 0 spiro atoms. The van der Waals surface area contributed by atoms with Crippen LogP contribution in [0.4, 0.5) is 0 Å². The normalized spacial score (nSPS) is 50.1. The fourth-order valence-electron chi connectivity index (χ4n) is 3.94. The summed E-state index contributed by atoms with van der Waals surface area (Å²) in [6.07, 6.45) is -20.7. The number of carbonyl (C=O) groups is 1. The number of rotatable bonds is 7. The quantitative estimate of drug-likeness (QED) is 0.155. The van der Waals surface area contributed by atoms with Gasteiger partial charge in [-0.25, -0.2) is 4.79 Å². The van der Waals surface area contributed by atoms with Crippen LogP contribution < -0.4 is 5.73 Å². The second-order valence-electron chi connectivity index (χ2n) is 8.38. The smallest absolute Gasteiger partial charge is 0.335 e. The van der Waals surface area contributed by atoms with Crippen molar-refractivity contribution < 1.29 is 74.4 Å².